The molecule has 3 nitrogen and oxygen atoms in total. The standard InChI is InChI=1S/C20H22N2O/c1-14-7-8-17(15-5-3-2-4-6-15)18(11-14)20(23)22-13-16-9-10-21-12-19(16)22/h2-8,11,16,19,21H,9-10,12-13H2,1H3. The summed E-state index contributed by atoms with van der Waals surface area (Å²) in [6.07, 6.45) is 1.19. The van der Waals surface area contributed by atoms with Crippen LogP contribution in [0.5, 0.6) is 0 Å². The predicted octanol–water partition coefficient (Wildman–Crippen LogP) is 3.10. The smallest absolute Gasteiger partial charge is 0.254 e. The summed E-state index contributed by atoms with van der Waals surface area (Å²) in [5, 5.41) is 3.42. The number of hydrogen-bond acceptors (Lipinski definition) is 2. The van der Waals surface area contributed by atoms with Crippen LogP contribution in [-0.4, -0.2) is 36.5 Å². The molecule has 2 unspecified atom stereocenters. The van der Waals surface area contributed by atoms with E-state index < -0.39 is 0 Å². The van der Waals surface area contributed by atoms with Crippen LogP contribution in [0.15, 0.2) is 48.5 Å². The van der Waals surface area contributed by atoms with Crippen molar-refractivity contribution in [1.82, 2.24) is 10.2 Å². The van der Waals surface area contributed by atoms with Crippen molar-refractivity contribution in [3.8, 4) is 11.1 Å². The zero-order valence-electron chi connectivity index (χ0n) is 13.5. The lowest BCUT2D eigenvalue weighted by molar-refractivity contribution is 0.00287. The molecule has 0 spiro atoms. The third kappa shape index (κ3) is 2.55. The molecule has 2 atom stereocenters. The first-order chi connectivity index (χ1) is 11.2. The first-order valence-corrected chi connectivity index (χ1v) is 8.42. The maximum absolute atomic E-state index is 13.1. The number of aryl methyl sites for hydroxylation is 1. The van der Waals surface area contributed by atoms with Crippen LogP contribution in [0, 0.1) is 12.8 Å². The predicted molar refractivity (Wildman–Crippen MR) is 92.4 cm³/mol. The van der Waals surface area contributed by atoms with Crippen LogP contribution in [0.3, 0.4) is 0 Å². The number of piperidine rings is 1. The van der Waals surface area contributed by atoms with E-state index in [2.05, 4.69) is 34.5 Å². The highest BCUT2D eigenvalue weighted by Crippen LogP contribution is 2.33. The number of nitrogens with one attached hydrogen (secondary N) is 1. The molecule has 0 aliphatic carbocycles. The summed E-state index contributed by atoms with van der Waals surface area (Å²) in [7, 11) is 0. The van der Waals surface area contributed by atoms with E-state index in [9.17, 15) is 4.79 Å². The average molecular weight is 306 g/mol. The molecule has 2 aromatic rings. The van der Waals surface area contributed by atoms with Crippen LogP contribution < -0.4 is 5.32 Å². The minimum absolute atomic E-state index is 0.178. The van der Waals surface area contributed by atoms with E-state index in [-0.39, 0.29) is 5.91 Å². The molecule has 0 radical (unpaired) electrons. The third-order valence-corrected chi connectivity index (χ3v) is 5.17. The van der Waals surface area contributed by atoms with E-state index in [1.165, 1.54) is 6.42 Å². The number of amides is 1. The number of rotatable bonds is 2. The van der Waals surface area contributed by atoms with Gasteiger partial charge in [0.25, 0.3) is 5.91 Å². The van der Waals surface area contributed by atoms with Crippen molar-refractivity contribution in [2.75, 3.05) is 19.6 Å². The third-order valence-electron chi connectivity index (χ3n) is 5.17. The van der Waals surface area contributed by atoms with Crippen molar-refractivity contribution >= 4 is 5.91 Å². The van der Waals surface area contributed by atoms with Gasteiger partial charge >= 0.3 is 0 Å². The molecule has 4 rings (SSSR count). The van der Waals surface area contributed by atoms with Gasteiger partial charge in [0.2, 0.25) is 0 Å². The van der Waals surface area contributed by atoms with Crippen molar-refractivity contribution < 1.29 is 4.79 Å². The highest BCUT2D eigenvalue weighted by molar-refractivity contribution is 6.01. The van der Waals surface area contributed by atoms with Crippen LogP contribution in [0.4, 0.5) is 0 Å². The van der Waals surface area contributed by atoms with Gasteiger partial charge in [-0.25, -0.2) is 0 Å². The number of benzene rings is 2. The second-order valence-corrected chi connectivity index (χ2v) is 6.69. The summed E-state index contributed by atoms with van der Waals surface area (Å²) in [4.78, 5) is 15.2. The summed E-state index contributed by atoms with van der Waals surface area (Å²) in [5.41, 5.74) is 4.11. The normalized spacial score (nSPS) is 23.1. The topological polar surface area (TPSA) is 32.3 Å². The van der Waals surface area contributed by atoms with E-state index >= 15 is 0 Å². The van der Waals surface area contributed by atoms with Gasteiger partial charge in [0, 0.05) is 24.7 Å². The van der Waals surface area contributed by atoms with Crippen LogP contribution in [-0.2, 0) is 0 Å². The number of likely N-dealkylation sites (tertiary alicyclic amines) is 1. The molecule has 2 saturated heterocycles. The molecule has 0 saturated carbocycles. The van der Waals surface area contributed by atoms with Crippen LogP contribution >= 0.6 is 0 Å². The molecule has 3 heteroatoms. The molecular weight excluding hydrogens is 284 g/mol. The molecule has 118 valence electrons. The zero-order valence-corrected chi connectivity index (χ0v) is 13.5. The second kappa shape index (κ2) is 5.82. The molecule has 2 aliphatic rings. The maximum atomic E-state index is 13.1. The van der Waals surface area contributed by atoms with Crippen LogP contribution in [0.25, 0.3) is 11.1 Å². The van der Waals surface area contributed by atoms with E-state index in [0.717, 1.165) is 41.9 Å². The molecule has 2 aromatic carbocycles. The maximum Gasteiger partial charge on any atom is 0.254 e. The fourth-order valence-corrected chi connectivity index (χ4v) is 3.82. The molecule has 23 heavy (non-hydrogen) atoms. The molecule has 2 heterocycles. The summed E-state index contributed by atoms with van der Waals surface area (Å²) in [6, 6.07) is 16.8. The van der Waals surface area contributed by atoms with Crippen molar-refractivity contribution in [1.29, 1.82) is 0 Å². The van der Waals surface area contributed by atoms with E-state index in [0.29, 0.717) is 12.0 Å². The van der Waals surface area contributed by atoms with Gasteiger partial charge in [-0.1, -0.05) is 48.0 Å². The molecule has 0 aromatic heterocycles. The van der Waals surface area contributed by atoms with Crippen molar-refractivity contribution in [2.24, 2.45) is 5.92 Å². The summed E-state index contributed by atoms with van der Waals surface area (Å²) >= 11 is 0. The molecule has 2 fully saturated rings. The number of carbonyl (C=O) groups is 1. The SMILES string of the molecule is Cc1ccc(-c2ccccc2)c(C(=O)N2CC3CCNCC32)c1. The van der Waals surface area contributed by atoms with Gasteiger partial charge in [-0.15, -0.1) is 0 Å². The molecule has 0 bridgehead atoms. The Bertz CT molecular complexity index is 726. The Kier molecular flexibility index (Phi) is 3.66. The van der Waals surface area contributed by atoms with Gasteiger partial charge in [0.05, 0.1) is 0 Å². The molecule has 2 aliphatic heterocycles. The summed E-state index contributed by atoms with van der Waals surface area (Å²) < 4.78 is 0. The fourth-order valence-electron chi connectivity index (χ4n) is 3.82. The summed E-state index contributed by atoms with van der Waals surface area (Å²) in [5.74, 6) is 0.864. The lowest BCUT2D eigenvalue weighted by Gasteiger charge is -2.51. The minimum atomic E-state index is 0.178. The molecule has 1 N–H and O–H groups in total. The van der Waals surface area contributed by atoms with Gasteiger partial charge in [-0.3, -0.25) is 4.79 Å². The highest BCUT2D eigenvalue weighted by Gasteiger charge is 2.43. The Morgan fingerprint density at radius 3 is 2.78 bits per heavy atom. The number of hydrogen-bond donors (Lipinski definition) is 1. The molecule has 1 amide bonds. The van der Waals surface area contributed by atoms with E-state index in [1.807, 2.05) is 31.2 Å². The van der Waals surface area contributed by atoms with Crippen LogP contribution in [0.2, 0.25) is 0 Å². The van der Waals surface area contributed by atoms with E-state index in [4.69, 9.17) is 0 Å². The minimum Gasteiger partial charge on any atom is -0.334 e. The average Bonchev–Trinajstić information content (AvgIpc) is 2.56. The Balaban J connectivity index is 1.68. The van der Waals surface area contributed by atoms with Crippen molar-refractivity contribution in [2.45, 2.75) is 19.4 Å². The number of carbonyl (C=O) groups excluding carboxylic acids is 1. The second-order valence-electron chi connectivity index (χ2n) is 6.69. The number of fused-ring (bicyclic) bond motifs is 1. The van der Waals surface area contributed by atoms with Crippen molar-refractivity contribution in [3.05, 3.63) is 59.7 Å². The largest absolute Gasteiger partial charge is 0.334 e. The Labute approximate surface area is 137 Å². The quantitative estimate of drug-likeness (QED) is 0.924. The van der Waals surface area contributed by atoms with Crippen molar-refractivity contribution in [3.63, 3.8) is 0 Å². The first-order valence-electron chi connectivity index (χ1n) is 8.42. The Morgan fingerprint density at radius 2 is 2.00 bits per heavy atom. The van der Waals surface area contributed by atoms with Gasteiger partial charge in [-0.05, 0) is 43.0 Å². The fraction of sp³-hybridized carbons (Fsp3) is 0.350. The lowest BCUT2D eigenvalue weighted by Crippen LogP contribution is -2.65. The van der Waals surface area contributed by atoms with Crippen LogP contribution in [0.1, 0.15) is 22.3 Å². The lowest BCUT2D eigenvalue weighted by atomic mass is 9.82. The first kappa shape index (κ1) is 14.5. The van der Waals surface area contributed by atoms with Gasteiger partial charge in [0.15, 0.2) is 0 Å². The van der Waals surface area contributed by atoms with E-state index in [1.54, 1.807) is 0 Å². The monoisotopic (exact) mass is 306 g/mol. The molecular formula is C20H22N2O. The Morgan fingerprint density at radius 1 is 1.17 bits per heavy atom. The Hall–Kier alpha value is -2.13. The zero-order chi connectivity index (χ0) is 15.8. The van der Waals surface area contributed by atoms with Gasteiger partial charge in [-0.2, -0.15) is 0 Å². The highest BCUT2D eigenvalue weighted by atomic mass is 16.2. The number of nitrogens with zero attached hydrogens (tertiary/aromatic N) is 1. The van der Waals surface area contributed by atoms with Gasteiger partial charge in [0.1, 0.15) is 0 Å². The van der Waals surface area contributed by atoms with Gasteiger partial charge < -0.3 is 10.2 Å². The summed E-state index contributed by atoms with van der Waals surface area (Å²) in [6.45, 7) is 4.98.